The number of aromatic nitrogens is 1. The Hall–Kier alpha value is -2.37. The number of hydrogen-bond donors (Lipinski definition) is 0. The van der Waals surface area contributed by atoms with Gasteiger partial charge in [0.2, 0.25) is 0 Å². The van der Waals surface area contributed by atoms with Gasteiger partial charge in [-0.15, -0.1) is 0 Å². The zero-order valence-electron chi connectivity index (χ0n) is 21.1. The summed E-state index contributed by atoms with van der Waals surface area (Å²) in [5.41, 5.74) is 2.85. The molecule has 12 heteroatoms. The summed E-state index contributed by atoms with van der Waals surface area (Å²) in [4.78, 5) is 13.4. The van der Waals surface area contributed by atoms with Gasteiger partial charge in [-0.2, -0.15) is 0 Å². The number of benzene rings is 3. The van der Waals surface area contributed by atoms with Gasteiger partial charge < -0.3 is 0 Å². The Bertz CT molecular complexity index is 1680. The standard InChI is InChI=1S/C26H24N2O7SSe.Na/c1-16(26-28(15-23(29)30)20-14-18(34-2)9-11-22(20)37-26)25-27(12-5-13-36(31,32)33)24-19-7-4-3-6-17(19)8-10-21(24)35-25;/h3-4,6-11,14H,5,12-13,15H2,1-2H3,(H-,29,30,31,32,33);/q;+1/p-1. The summed E-state index contributed by atoms with van der Waals surface area (Å²) in [5.74, 6) is -0.630. The number of aryl methyl sites for hydroxylation is 1. The molecule has 1 aliphatic heterocycles. The summed E-state index contributed by atoms with van der Waals surface area (Å²) in [5, 5.41) is 13.6. The molecule has 0 bridgehead atoms. The minimum Gasteiger partial charge on any atom is 1.00 e. The van der Waals surface area contributed by atoms with Crippen molar-refractivity contribution in [2.45, 2.75) is 19.9 Å². The third-order valence-corrected chi connectivity index (χ3v) is 9.68. The number of ether oxygens (including phenoxy) is 1. The number of carboxylic acid groups (broad SMARTS) is 1. The molecule has 2 heterocycles. The van der Waals surface area contributed by atoms with Crippen LogP contribution in [0, 0.1) is 0 Å². The average Bonchev–Trinajstić information content (AvgIpc) is 3.41. The number of carbonyl (C=O) groups is 1. The summed E-state index contributed by atoms with van der Waals surface area (Å²) in [6.45, 7) is 1.76. The van der Waals surface area contributed by atoms with Crippen LogP contribution in [0.4, 0.5) is 5.69 Å². The minimum atomic E-state index is -4.38. The topological polar surface area (TPSA) is 127 Å². The first-order valence-electron chi connectivity index (χ1n) is 11.5. The maximum Gasteiger partial charge on any atom is 1.00 e. The van der Waals surface area contributed by atoms with Gasteiger partial charge in [0.1, 0.15) is 0 Å². The van der Waals surface area contributed by atoms with Gasteiger partial charge in [0.15, 0.2) is 0 Å². The molecule has 0 amide bonds. The number of allylic oxidation sites excluding steroid dienone is 1. The van der Waals surface area contributed by atoms with E-state index in [1.54, 1.807) is 18.1 Å². The summed E-state index contributed by atoms with van der Waals surface area (Å²) >= 11 is -0.238. The third kappa shape index (κ3) is 5.65. The Kier molecular flexibility index (Phi) is 8.58. The first-order valence-corrected chi connectivity index (χ1v) is 14.8. The molecular weight excluding hydrogens is 586 g/mol. The van der Waals surface area contributed by atoms with E-state index in [1.807, 2.05) is 60.0 Å². The number of carbonyl (C=O) groups excluding carboxylic acids is 1. The predicted molar refractivity (Wildman–Crippen MR) is 136 cm³/mol. The molecule has 0 unspecified atom stereocenters. The number of aliphatic carboxylic acids is 1. The number of carboxylic acids is 1. The van der Waals surface area contributed by atoms with Crippen molar-refractivity contribution in [1.29, 1.82) is 0 Å². The largest absolute Gasteiger partial charge is 1.00 e. The van der Waals surface area contributed by atoms with E-state index in [4.69, 9.17) is 9.15 Å². The number of methoxy groups -OCH3 is 1. The number of hydrogen-bond acceptors (Lipinski definition) is 8. The Morgan fingerprint density at radius 2 is 1.92 bits per heavy atom. The maximum absolute atomic E-state index is 11.7. The summed E-state index contributed by atoms with van der Waals surface area (Å²) < 4.78 is 49.3. The fraction of sp³-hybridized carbons (Fsp3) is 0.231. The van der Waals surface area contributed by atoms with E-state index in [0.717, 1.165) is 36.6 Å². The van der Waals surface area contributed by atoms with Gasteiger partial charge in [-0.05, 0) is 0 Å². The molecule has 0 atom stereocenters. The Balaban J connectivity index is 0.00000336. The maximum atomic E-state index is 11.7. The van der Waals surface area contributed by atoms with Crippen LogP contribution < -0.4 is 53.3 Å². The van der Waals surface area contributed by atoms with Gasteiger partial charge in [0.25, 0.3) is 0 Å². The number of oxazole rings is 1. The van der Waals surface area contributed by atoms with E-state index >= 15 is 0 Å². The summed E-state index contributed by atoms with van der Waals surface area (Å²) in [6.07, 6.45) is 0.106. The monoisotopic (exact) mass is 610 g/mol. The molecule has 0 saturated carbocycles. The molecule has 3 aromatic carbocycles. The van der Waals surface area contributed by atoms with Gasteiger partial charge in [-0.3, -0.25) is 0 Å². The Labute approximate surface area is 248 Å². The summed E-state index contributed by atoms with van der Waals surface area (Å²) in [6, 6.07) is 17.2. The second-order valence-corrected chi connectivity index (χ2v) is 12.3. The SMILES string of the molecule is COc1ccc2c(c1)N(CC(=O)[O-])C(=C(C)c1oc3ccc4ccccc4c3[n+]1CCCS(=O)(=O)[O-])[Se]2.[Na+]. The number of nitrogens with zero attached hydrogens (tertiary/aromatic N) is 2. The molecule has 192 valence electrons. The van der Waals surface area contributed by atoms with Gasteiger partial charge in [-0.1, -0.05) is 0 Å². The van der Waals surface area contributed by atoms with Crippen molar-refractivity contribution in [2.75, 3.05) is 24.3 Å². The van der Waals surface area contributed by atoms with Gasteiger partial charge in [0, 0.05) is 0 Å². The van der Waals surface area contributed by atoms with E-state index in [1.165, 1.54) is 0 Å². The molecule has 1 aromatic heterocycles. The van der Waals surface area contributed by atoms with E-state index < -0.39 is 21.8 Å². The van der Waals surface area contributed by atoms with E-state index in [0.29, 0.717) is 17.2 Å². The molecule has 9 nitrogen and oxygen atoms in total. The van der Waals surface area contributed by atoms with Crippen LogP contribution >= 0.6 is 0 Å². The minimum absolute atomic E-state index is 0. The van der Waals surface area contributed by atoms with Crippen LogP contribution in [-0.2, 0) is 21.5 Å². The smallest absolute Gasteiger partial charge is 1.00 e. The van der Waals surface area contributed by atoms with Crippen molar-refractivity contribution in [3.63, 3.8) is 0 Å². The van der Waals surface area contributed by atoms with Crippen molar-refractivity contribution in [3.8, 4) is 5.75 Å². The first kappa shape index (κ1) is 28.6. The molecule has 1 aliphatic rings. The molecule has 38 heavy (non-hydrogen) atoms. The number of rotatable bonds is 8. The molecule has 0 saturated heterocycles. The quantitative estimate of drug-likeness (QED) is 0.129. The fourth-order valence-corrected chi connectivity index (χ4v) is 7.45. The van der Waals surface area contributed by atoms with Crippen molar-refractivity contribution < 1.29 is 66.2 Å². The van der Waals surface area contributed by atoms with Crippen LogP contribution in [0.5, 0.6) is 5.75 Å². The van der Waals surface area contributed by atoms with Crippen molar-refractivity contribution >= 4 is 68.6 Å². The Morgan fingerprint density at radius 1 is 1.16 bits per heavy atom. The van der Waals surface area contributed by atoms with Crippen LogP contribution in [-0.4, -0.2) is 53.3 Å². The van der Waals surface area contributed by atoms with Gasteiger partial charge in [0.05, 0.1) is 0 Å². The zero-order chi connectivity index (χ0) is 26.3. The molecule has 0 spiro atoms. The average molecular weight is 609 g/mol. The number of fused-ring (bicyclic) bond motifs is 4. The van der Waals surface area contributed by atoms with Gasteiger partial charge in [-0.25, -0.2) is 0 Å². The third-order valence-electron chi connectivity index (χ3n) is 6.20. The first-order chi connectivity index (χ1) is 17.7. The normalized spacial score (nSPS) is 14.4. The Morgan fingerprint density at radius 3 is 2.63 bits per heavy atom. The van der Waals surface area contributed by atoms with Crippen LogP contribution in [0.15, 0.2) is 63.6 Å². The second-order valence-electron chi connectivity index (χ2n) is 8.63. The molecule has 5 rings (SSSR count). The fourth-order valence-electron chi connectivity index (χ4n) is 4.60. The molecule has 0 radical (unpaired) electrons. The van der Waals surface area contributed by atoms with Crippen molar-refractivity contribution in [1.82, 2.24) is 0 Å². The second kappa shape index (κ2) is 11.4. The van der Waals surface area contributed by atoms with Crippen LogP contribution in [0.3, 0.4) is 0 Å². The van der Waals surface area contributed by atoms with Crippen LogP contribution in [0.1, 0.15) is 19.2 Å². The molecule has 4 aromatic rings. The molecule has 0 N–H and O–H groups in total. The van der Waals surface area contributed by atoms with Crippen LogP contribution in [0.2, 0.25) is 0 Å². The van der Waals surface area contributed by atoms with Crippen molar-refractivity contribution in [2.24, 2.45) is 0 Å². The van der Waals surface area contributed by atoms with E-state index in [9.17, 15) is 22.9 Å². The number of anilines is 1. The summed E-state index contributed by atoms with van der Waals surface area (Å²) in [7, 11) is -2.83. The van der Waals surface area contributed by atoms with E-state index in [2.05, 4.69) is 0 Å². The van der Waals surface area contributed by atoms with Gasteiger partial charge >= 0.3 is 250 Å². The van der Waals surface area contributed by atoms with Crippen molar-refractivity contribution in [3.05, 3.63) is 65.1 Å². The van der Waals surface area contributed by atoms with E-state index in [-0.39, 0.29) is 64.0 Å². The predicted octanol–water partition coefficient (Wildman–Crippen LogP) is -1.89. The molecule has 0 fully saturated rings. The van der Waals surface area contributed by atoms with Crippen LogP contribution in [0.25, 0.3) is 27.4 Å². The molecule has 0 aliphatic carbocycles. The molecular formula is C26H23N2NaO7SSe. The zero-order valence-corrected chi connectivity index (χ0v) is 25.6.